The van der Waals surface area contributed by atoms with Crippen molar-refractivity contribution in [2.45, 2.75) is 68.3 Å². The van der Waals surface area contributed by atoms with E-state index in [0.29, 0.717) is 19.3 Å². The van der Waals surface area contributed by atoms with Crippen molar-refractivity contribution in [3.63, 3.8) is 0 Å². The summed E-state index contributed by atoms with van der Waals surface area (Å²) in [6, 6.07) is 0. The molecule has 0 radical (unpaired) electrons. The normalized spacial score (nSPS) is 36.6. The minimum atomic E-state index is -6.18. The van der Waals surface area contributed by atoms with E-state index in [1.54, 1.807) is 0 Å². The van der Waals surface area contributed by atoms with Crippen molar-refractivity contribution < 1.29 is 39.9 Å². The monoisotopic (exact) mass is 366 g/mol. The van der Waals surface area contributed by atoms with Gasteiger partial charge >= 0.3 is 24.2 Å². The average Bonchev–Trinajstić information content (AvgIpc) is 2.43. The van der Waals surface area contributed by atoms with Crippen LogP contribution in [0, 0.1) is 17.8 Å². The Labute approximate surface area is 133 Å². The summed E-state index contributed by atoms with van der Waals surface area (Å²) in [4.78, 5) is 0. The Morgan fingerprint density at radius 3 is 1.62 bits per heavy atom. The van der Waals surface area contributed by atoms with Crippen LogP contribution in [0.4, 0.5) is 35.1 Å². The Balaban J connectivity index is 1.71. The zero-order chi connectivity index (χ0) is 18.0. The van der Waals surface area contributed by atoms with Gasteiger partial charge in [-0.3, -0.25) is 0 Å². The quantitative estimate of drug-likeness (QED) is 0.592. The summed E-state index contributed by atoms with van der Waals surface area (Å²) in [6.45, 7) is -1.98. The second kappa shape index (κ2) is 5.45. The Morgan fingerprint density at radius 2 is 1.25 bits per heavy atom. The van der Waals surface area contributed by atoms with Gasteiger partial charge in [-0.1, -0.05) is 0 Å². The standard InChI is InChI=1S/C15H18F8O/c16-11(17)14(20,21)15(22,23)13(18,19)7-24-12-4-8-1-9(5-12)3-10(2-8)6-12/h8-11H,1-7H2. The molecule has 0 amide bonds. The Morgan fingerprint density at radius 1 is 0.833 bits per heavy atom. The van der Waals surface area contributed by atoms with E-state index in [-0.39, 0.29) is 17.8 Å². The van der Waals surface area contributed by atoms with Gasteiger partial charge in [0.2, 0.25) is 0 Å². The van der Waals surface area contributed by atoms with Crippen LogP contribution in [0.3, 0.4) is 0 Å². The lowest BCUT2D eigenvalue weighted by Crippen LogP contribution is -2.61. The summed E-state index contributed by atoms with van der Waals surface area (Å²) < 4.78 is 109. The number of hydrogen-bond donors (Lipinski definition) is 0. The maximum atomic E-state index is 13.7. The molecule has 4 rings (SSSR count). The lowest BCUT2D eigenvalue weighted by Gasteiger charge is -2.56. The van der Waals surface area contributed by atoms with Crippen LogP contribution in [-0.2, 0) is 4.74 Å². The Kier molecular flexibility index (Phi) is 4.13. The van der Waals surface area contributed by atoms with Crippen LogP contribution < -0.4 is 0 Å². The summed E-state index contributed by atoms with van der Waals surface area (Å²) in [5.74, 6) is -16.9. The molecule has 0 N–H and O–H groups in total. The molecule has 0 spiro atoms. The van der Waals surface area contributed by atoms with E-state index in [0.717, 1.165) is 19.3 Å². The van der Waals surface area contributed by atoms with E-state index in [4.69, 9.17) is 4.74 Å². The van der Waals surface area contributed by atoms with Gasteiger partial charge < -0.3 is 4.74 Å². The first kappa shape index (κ1) is 18.2. The SMILES string of the molecule is FC(F)C(F)(F)C(F)(F)C(F)(F)COC12CC3CC(CC(C3)C1)C2. The van der Waals surface area contributed by atoms with Gasteiger partial charge in [0.1, 0.15) is 6.61 Å². The summed E-state index contributed by atoms with van der Waals surface area (Å²) >= 11 is 0. The third kappa shape index (κ3) is 2.70. The van der Waals surface area contributed by atoms with E-state index in [1.165, 1.54) is 0 Å². The molecule has 0 atom stereocenters. The van der Waals surface area contributed by atoms with Gasteiger partial charge in [0.15, 0.2) is 0 Å². The number of hydrogen-bond acceptors (Lipinski definition) is 1. The molecule has 0 saturated heterocycles. The maximum absolute atomic E-state index is 13.7. The van der Waals surface area contributed by atoms with Crippen molar-refractivity contribution >= 4 is 0 Å². The number of ether oxygens (including phenoxy) is 1. The highest BCUT2D eigenvalue weighted by Gasteiger charge is 2.75. The second-order valence-electron chi connectivity index (χ2n) is 7.59. The minimum Gasteiger partial charge on any atom is -0.368 e. The van der Waals surface area contributed by atoms with Gasteiger partial charge in [0, 0.05) is 0 Å². The molecule has 0 aliphatic heterocycles. The predicted molar refractivity (Wildman–Crippen MR) is 67.7 cm³/mol. The second-order valence-corrected chi connectivity index (χ2v) is 7.59. The molecule has 9 heteroatoms. The molecule has 4 bridgehead atoms. The highest BCUT2D eigenvalue weighted by molar-refractivity contribution is 5.04. The summed E-state index contributed by atoms with van der Waals surface area (Å²) in [7, 11) is 0. The molecule has 4 aliphatic rings. The molecule has 4 saturated carbocycles. The fraction of sp³-hybridized carbons (Fsp3) is 1.00. The van der Waals surface area contributed by atoms with E-state index in [1.807, 2.05) is 0 Å². The van der Waals surface area contributed by atoms with Crippen LogP contribution in [0.25, 0.3) is 0 Å². The molecule has 24 heavy (non-hydrogen) atoms. The van der Waals surface area contributed by atoms with Crippen molar-refractivity contribution in [1.29, 1.82) is 0 Å². The van der Waals surface area contributed by atoms with E-state index < -0.39 is 36.4 Å². The van der Waals surface area contributed by atoms with Crippen LogP contribution in [0.15, 0.2) is 0 Å². The highest BCUT2D eigenvalue weighted by atomic mass is 19.4. The zero-order valence-corrected chi connectivity index (χ0v) is 12.7. The molecular weight excluding hydrogens is 348 g/mol. The average molecular weight is 366 g/mol. The third-order valence-electron chi connectivity index (χ3n) is 5.69. The van der Waals surface area contributed by atoms with Gasteiger partial charge in [0.25, 0.3) is 0 Å². The minimum absolute atomic E-state index is 0.271. The molecule has 4 aliphatic carbocycles. The Bertz CT molecular complexity index is 455. The lowest BCUT2D eigenvalue weighted by molar-refractivity contribution is -0.353. The van der Waals surface area contributed by atoms with E-state index in [2.05, 4.69) is 0 Å². The maximum Gasteiger partial charge on any atom is 0.380 e. The molecule has 0 aromatic carbocycles. The molecular formula is C15H18F8O. The third-order valence-corrected chi connectivity index (χ3v) is 5.69. The first-order chi connectivity index (χ1) is 10.9. The van der Waals surface area contributed by atoms with Crippen LogP contribution in [0.2, 0.25) is 0 Å². The molecule has 0 aromatic heterocycles. The van der Waals surface area contributed by atoms with Crippen molar-refractivity contribution in [1.82, 2.24) is 0 Å². The Hall–Kier alpha value is -0.600. The number of halogens is 8. The molecule has 0 heterocycles. The zero-order valence-electron chi connectivity index (χ0n) is 12.7. The molecule has 4 fully saturated rings. The topological polar surface area (TPSA) is 9.23 Å². The molecule has 140 valence electrons. The van der Waals surface area contributed by atoms with E-state index in [9.17, 15) is 35.1 Å². The summed E-state index contributed by atoms with van der Waals surface area (Å²) in [5, 5.41) is 0. The highest BCUT2D eigenvalue weighted by Crippen LogP contribution is 2.58. The fourth-order valence-corrected chi connectivity index (χ4v) is 4.92. The predicted octanol–water partition coefficient (Wildman–Crippen LogP) is 5.14. The van der Waals surface area contributed by atoms with E-state index >= 15 is 0 Å². The molecule has 0 aromatic rings. The van der Waals surface area contributed by atoms with Crippen LogP contribution in [0.1, 0.15) is 38.5 Å². The first-order valence-electron chi connectivity index (χ1n) is 7.94. The number of alkyl halides is 8. The largest absolute Gasteiger partial charge is 0.380 e. The van der Waals surface area contributed by atoms with Crippen LogP contribution in [0.5, 0.6) is 0 Å². The van der Waals surface area contributed by atoms with Gasteiger partial charge in [-0.15, -0.1) is 0 Å². The van der Waals surface area contributed by atoms with Crippen molar-refractivity contribution in [2.75, 3.05) is 6.61 Å². The fourth-order valence-electron chi connectivity index (χ4n) is 4.92. The van der Waals surface area contributed by atoms with Crippen molar-refractivity contribution in [3.05, 3.63) is 0 Å². The van der Waals surface area contributed by atoms with Crippen molar-refractivity contribution in [2.24, 2.45) is 17.8 Å². The van der Waals surface area contributed by atoms with Gasteiger partial charge in [-0.05, 0) is 56.3 Å². The van der Waals surface area contributed by atoms with Crippen molar-refractivity contribution in [3.8, 4) is 0 Å². The molecule has 0 unspecified atom stereocenters. The molecule has 1 nitrogen and oxygen atoms in total. The number of rotatable bonds is 6. The van der Waals surface area contributed by atoms with Gasteiger partial charge in [-0.2, -0.15) is 26.3 Å². The summed E-state index contributed by atoms with van der Waals surface area (Å²) in [6.07, 6.45) is -0.752. The first-order valence-corrected chi connectivity index (χ1v) is 7.94. The van der Waals surface area contributed by atoms with Gasteiger partial charge in [0.05, 0.1) is 5.60 Å². The van der Waals surface area contributed by atoms with Crippen LogP contribution in [-0.4, -0.2) is 36.4 Å². The lowest BCUT2D eigenvalue weighted by atomic mass is 9.54. The smallest absolute Gasteiger partial charge is 0.368 e. The summed E-state index contributed by atoms with van der Waals surface area (Å²) in [5.41, 5.74) is -1.01. The van der Waals surface area contributed by atoms with Crippen LogP contribution >= 0.6 is 0 Å². The van der Waals surface area contributed by atoms with Gasteiger partial charge in [-0.25, -0.2) is 8.78 Å².